The van der Waals surface area contributed by atoms with E-state index in [1.807, 2.05) is 0 Å². The minimum atomic E-state index is -0.0533. The first-order valence-corrected chi connectivity index (χ1v) is 16.0. The molecule has 0 N–H and O–H groups in total. The molecule has 0 fully saturated rings. The Labute approximate surface area is 272 Å². The van der Waals surface area contributed by atoms with Gasteiger partial charge >= 0.3 is 0 Å². The maximum atomic E-state index is 2.41. The fourth-order valence-electron chi connectivity index (χ4n) is 7.12. The molecule has 1 aliphatic rings. The molecular weight excluding hydrogens is 555 g/mol. The highest BCUT2D eigenvalue weighted by Gasteiger charge is 2.37. The number of benzene rings is 7. The van der Waals surface area contributed by atoms with Gasteiger partial charge in [0.2, 0.25) is 0 Å². The third kappa shape index (κ3) is 4.82. The van der Waals surface area contributed by atoms with Crippen molar-refractivity contribution in [3.05, 3.63) is 187 Å². The van der Waals surface area contributed by atoms with Crippen molar-refractivity contribution in [2.24, 2.45) is 0 Å². The van der Waals surface area contributed by atoms with Gasteiger partial charge in [-0.2, -0.15) is 0 Å². The van der Waals surface area contributed by atoms with Crippen molar-refractivity contribution in [1.82, 2.24) is 0 Å². The molecule has 0 bridgehead atoms. The quantitative estimate of drug-likeness (QED) is 0.186. The van der Waals surface area contributed by atoms with Gasteiger partial charge in [-0.1, -0.05) is 147 Å². The molecule has 1 heteroatoms. The average molecular weight is 590 g/mol. The topological polar surface area (TPSA) is 3.24 Å². The second-order valence-corrected chi connectivity index (χ2v) is 12.6. The molecule has 0 spiro atoms. The van der Waals surface area contributed by atoms with E-state index >= 15 is 0 Å². The molecule has 7 aromatic rings. The van der Waals surface area contributed by atoms with Crippen LogP contribution >= 0.6 is 0 Å². The second kappa shape index (κ2) is 11.4. The highest BCUT2D eigenvalue weighted by atomic mass is 15.1. The van der Waals surface area contributed by atoms with Crippen molar-refractivity contribution < 1.29 is 0 Å². The summed E-state index contributed by atoms with van der Waals surface area (Å²) in [7, 11) is 0. The van der Waals surface area contributed by atoms with E-state index in [0.29, 0.717) is 0 Å². The van der Waals surface area contributed by atoms with E-state index in [4.69, 9.17) is 0 Å². The number of hydrogen-bond acceptors (Lipinski definition) is 1. The summed E-state index contributed by atoms with van der Waals surface area (Å²) in [6, 6.07) is 63.6. The van der Waals surface area contributed by atoms with E-state index in [-0.39, 0.29) is 5.41 Å². The van der Waals surface area contributed by atoms with Crippen molar-refractivity contribution in [3.63, 3.8) is 0 Å². The molecule has 220 valence electrons. The molecular formula is C45H35N. The zero-order valence-electron chi connectivity index (χ0n) is 26.2. The first-order chi connectivity index (χ1) is 22.6. The minimum Gasteiger partial charge on any atom is -0.310 e. The maximum absolute atomic E-state index is 2.41. The Morgan fingerprint density at radius 1 is 0.348 bits per heavy atom. The van der Waals surface area contributed by atoms with E-state index in [9.17, 15) is 0 Å². The Balaban J connectivity index is 1.20. The van der Waals surface area contributed by atoms with Crippen molar-refractivity contribution in [2.75, 3.05) is 4.90 Å². The number of anilines is 3. The van der Waals surface area contributed by atoms with E-state index in [2.05, 4.69) is 195 Å². The van der Waals surface area contributed by atoms with Crippen LogP contribution < -0.4 is 4.90 Å². The van der Waals surface area contributed by atoms with Gasteiger partial charge in [-0.25, -0.2) is 0 Å². The van der Waals surface area contributed by atoms with Crippen LogP contribution in [-0.4, -0.2) is 0 Å². The van der Waals surface area contributed by atoms with E-state index < -0.39 is 0 Å². The van der Waals surface area contributed by atoms with Gasteiger partial charge in [-0.3, -0.25) is 0 Å². The van der Waals surface area contributed by atoms with E-state index in [0.717, 1.165) is 17.1 Å². The van der Waals surface area contributed by atoms with Gasteiger partial charge in [0.15, 0.2) is 0 Å². The number of rotatable bonds is 6. The summed E-state index contributed by atoms with van der Waals surface area (Å²) >= 11 is 0. The standard InChI is InChI=1S/C45H35N/c1-45(2)42-29-26-36(31-41(42)44-40(22-13-23-43(44)45)34-16-8-4-9-17-34)33-24-27-38(28-25-33)46(37-19-10-5-11-20-37)39-21-12-18-35(30-39)32-14-6-3-7-15-32/h3-31H,1-2H3. The summed E-state index contributed by atoms with van der Waals surface area (Å²) < 4.78 is 0. The maximum Gasteiger partial charge on any atom is 0.0467 e. The lowest BCUT2D eigenvalue weighted by atomic mass is 9.81. The van der Waals surface area contributed by atoms with Gasteiger partial charge in [0.05, 0.1) is 0 Å². The molecule has 0 aromatic heterocycles. The summed E-state index contributed by atoms with van der Waals surface area (Å²) in [5, 5.41) is 0. The lowest BCUT2D eigenvalue weighted by molar-refractivity contribution is 0.660. The molecule has 46 heavy (non-hydrogen) atoms. The van der Waals surface area contributed by atoms with Gasteiger partial charge < -0.3 is 4.90 Å². The summed E-state index contributed by atoms with van der Waals surface area (Å²) in [6.07, 6.45) is 0. The fraction of sp³-hybridized carbons (Fsp3) is 0.0667. The molecule has 0 unspecified atom stereocenters. The average Bonchev–Trinajstić information content (AvgIpc) is 3.36. The minimum absolute atomic E-state index is 0.0533. The van der Waals surface area contributed by atoms with Crippen LogP contribution in [0.5, 0.6) is 0 Å². The first kappa shape index (κ1) is 27.9. The first-order valence-electron chi connectivity index (χ1n) is 16.0. The number of fused-ring (bicyclic) bond motifs is 3. The molecule has 0 saturated carbocycles. The Hall–Kier alpha value is -5.66. The Morgan fingerprint density at radius 3 is 1.59 bits per heavy atom. The van der Waals surface area contributed by atoms with Crippen LogP contribution in [0.1, 0.15) is 25.0 Å². The van der Waals surface area contributed by atoms with E-state index in [1.165, 1.54) is 55.6 Å². The normalized spacial score (nSPS) is 12.7. The number of nitrogens with zero attached hydrogens (tertiary/aromatic N) is 1. The van der Waals surface area contributed by atoms with Crippen molar-refractivity contribution in [3.8, 4) is 44.5 Å². The predicted octanol–water partition coefficient (Wildman–Crippen LogP) is 12.5. The monoisotopic (exact) mass is 589 g/mol. The van der Waals surface area contributed by atoms with Gasteiger partial charge in [-0.05, 0) is 98.1 Å². The molecule has 0 aliphatic heterocycles. The Bertz CT molecular complexity index is 2140. The van der Waals surface area contributed by atoms with Crippen LogP contribution in [0.25, 0.3) is 44.5 Å². The molecule has 0 amide bonds. The second-order valence-electron chi connectivity index (χ2n) is 12.6. The summed E-state index contributed by atoms with van der Waals surface area (Å²) in [5.74, 6) is 0. The summed E-state index contributed by atoms with van der Waals surface area (Å²) in [6.45, 7) is 4.71. The fourth-order valence-corrected chi connectivity index (χ4v) is 7.12. The Kier molecular flexibility index (Phi) is 6.88. The molecule has 7 aromatic carbocycles. The largest absolute Gasteiger partial charge is 0.310 e. The molecule has 0 heterocycles. The molecule has 0 radical (unpaired) electrons. The molecule has 1 nitrogen and oxygen atoms in total. The zero-order chi connectivity index (χ0) is 31.1. The lowest BCUT2D eigenvalue weighted by Crippen LogP contribution is -2.14. The predicted molar refractivity (Wildman–Crippen MR) is 195 cm³/mol. The van der Waals surface area contributed by atoms with Crippen LogP contribution in [0, 0.1) is 0 Å². The molecule has 0 atom stereocenters. The number of para-hydroxylation sites is 1. The Morgan fingerprint density at radius 2 is 0.870 bits per heavy atom. The molecule has 0 saturated heterocycles. The van der Waals surface area contributed by atoms with Crippen LogP contribution in [0.2, 0.25) is 0 Å². The van der Waals surface area contributed by atoms with E-state index in [1.54, 1.807) is 0 Å². The van der Waals surface area contributed by atoms with Crippen LogP contribution in [0.4, 0.5) is 17.1 Å². The van der Waals surface area contributed by atoms with Crippen molar-refractivity contribution >= 4 is 17.1 Å². The van der Waals surface area contributed by atoms with Gasteiger partial charge in [0.25, 0.3) is 0 Å². The lowest BCUT2D eigenvalue weighted by Gasteiger charge is -2.26. The third-order valence-corrected chi connectivity index (χ3v) is 9.47. The summed E-state index contributed by atoms with van der Waals surface area (Å²) in [4.78, 5) is 2.34. The van der Waals surface area contributed by atoms with Crippen LogP contribution in [0.15, 0.2) is 176 Å². The van der Waals surface area contributed by atoms with Crippen LogP contribution in [-0.2, 0) is 5.41 Å². The van der Waals surface area contributed by atoms with Crippen molar-refractivity contribution in [1.29, 1.82) is 0 Å². The van der Waals surface area contributed by atoms with Crippen molar-refractivity contribution in [2.45, 2.75) is 19.3 Å². The zero-order valence-corrected chi connectivity index (χ0v) is 26.2. The highest BCUT2D eigenvalue weighted by molar-refractivity contribution is 5.94. The van der Waals surface area contributed by atoms with Gasteiger partial charge in [0.1, 0.15) is 0 Å². The smallest absolute Gasteiger partial charge is 0.0467 e. The molecule has 8 rings (SSSR count). The summed E-state index contributed by atoms with van der Waals surface area (Å²) in [5.41, 5.74) is 16.2. The number of hydrogen-bond donors (Lipinski definition) is 0. The molecule has 1 aliphatic carbocycles. The van der Waals surface area contributed by atoms with Gasteiger partial charge in [0, 0.05) is 22.5 Å². The third-order valence-electron chi connectivity index (χ3n) is 9.47. The SMILES string of the molecule is CC1(C)c2ccc(-c3ccc(N(c4ccccc4)c4cccc(-c5ccccc5)c4)cc3)cc2-c2c(-c3ccccc3)cccc21. The van der Waals surface area contributed by atoms with Crippen LogP contribution in [0.3, 0.4) is 0 Å². The van der Waals surface area contributed by atoms with Gasteiger partial charge in [-0.15, -0.1) is 0 Å². The highest BCUT2D eigenvalue weighted by Crippen LogP contribution is 2.53.